The summed E-state index contributed by atoms with van der Waals surface area (Å²) < 4.78 is 0. The lowest BCUT2D eigenvalue weighted by Gasteiger charge is -2.28. The van der Waals surface area contributed by atoms with E-state index in [0.29, 0.717) is 0 Å². The van der Waals surface area contributed by atoms with Gasteiger partial charge in [-0.05, 0) is 38.8 Å². The van der Waals surface area contributed by atoms with Gasteiger partial charge < -0.3 is 0 Å². The molecule has 0 saturated heterocycles. The van der Waals surface area contributed by atoms with Crippen molar-refractivity contribution in [1.29, 1.82) is 0 Å². The average Bonchev–Trinajstić information content (AvgIpc) is 2.29. The molecule has 0 aliphatic heterocycles. The van der Waals surface area contributed by atoms with Gasteiger partial charge in [0.05, 0.1) is 11.1 Å². The van der Waals surface area contributed by atoms with Crippen LogP contribution in [0.4, 0.5) is 0 Å². The summed E-state index contributed by atoms with van der Waals surface area (Å²) in [7, 11) is 0. The predicted octanol–water partition coefficient (Wildman–Crippen LogP) is 2.83. The van der Waals surface area contributed by atoms with Gasteiger partial charge in [0.1, 0.15) is 0 Å². The summed E-state index contributed by atoms with van der Waals surface area (Å²) >= 11 is 0. The van der Waals surface area contributed by atoms with Gasteiger partial charge in [0.2, 0.25) is 12.2 Å². The van der Waals surface area contributed by atoms with Crippen LogP contribution in [0.25, 0.3) is 0 Å². The van der Waals surface area contributed by atoms with Crippen LogP contribution in [-0.2, 0) is 20.7 Å². The van der Waals surface area contributed by atoms with Crippen LogP contribution in [0.5, 0.6) is 0 Å². The Morgan fingerprint density at radius 2 is 1.17 bits per heavy atom. The SMILES string of the molecule is CC(C)(N=C=O)c1ccccc1C(C)(C)N=C=O. The van der Waals surface area contributed by atoms with E-state index in [4.69, 9.17) is 0 Å². The third-order valence-electron chi connectivity index (χ3n) is 2.90. The lowest BCUT2D eigenvalue weighted by Crippen LogP contribution is -2.23. The second-order valence-corrected chi connectivity index (χ2v) is 5.07. The minimum Gasteiger partial charge on any atom is -0.211 e. The molecule has 0 aliphatic carbocycles. The second-order valence-electron chi connectivity index (χ2n) is 5.07. The molecule has 1 aromatic carbocycles. The van der Waals surface area contributed by atoms with Crippen molar-refractivity contribution in [2.75, 3.05) is 0 Å². The van der Waals surface area contributed by atoms with Crippen LogP contribution in [0.2, 0.25) is 0 Å². The van der Waals surface area contributed by atoms with E-state index in [1.165, 1.54) is 0 Å². The highest BCUT2D eigenvalue weighted by Gasteiger charge is 2.30. The van der Waals surface area contributed by atoms with Gasteiger partial charge in [0, 0.05) is 0 Å². The van der Waals surface area contributed by atoms with Gasteiger partial charge in [-0.15, -0.1) is 0 Å². The van der Waals surface area contributed by atoms with Crippen LogP contribution >= 0.6 is 0 Å². The first kappa shape index (κ1) is 14.0. The number of isocyanates is 2. The van der Waals surface area contributed by atoms with Crippen molar-refractivity contribution in [2.45, 2.75) is 38.8 Å². The van der Waals surface area contributed by atoms with Crippen molar-refractivity contribution in [2.24, 2.45) is 9.98 Å². The maximum Gasteiger partial charge on any atom is 0.235 e. The van der Waals surface area contributed by atoms with Crippen molar-refractivity contribution in [3.63, 3.8) is 0 Å². The summed E-state index contributed by atoms with van der Waals surface area (Å²) in [5.41, 5.74) is 0.289. The van der Waals surface area contributed by atoms with Crippen LogP contribution in [-0.4, -0.2) is 12.2 Å². The van der Waals surface area contributed by atoms with E-state index in [-0.39, 0.29) is 0 Å². The van der Waals surface area contributed by atoms with Gasteiger partial charge >= 0.3 is 0 Å². The van der Waals surface area contributed by atoms with Gasteiger partial charge in [0.25, 0.3) is 0 Å². The normalized spacial score (nSPS) is 11.3. The highest BCUT2D eigenvalue weighted by Crippen LogP contribution is 2.35. The highest BCUT2D eigenvalue weighted by molar-refractivity contribution is 5.44. The minimum absolute atomic E-state index is 0.700. The first-order valence-electron chi connectivity index (χ1n) is 5.63. The Balaban J connectivity index is 3.49. The van der Waals surface area contributed by atoms with Crippen LogP contribution in [0.1, 0.15) is 38.8 Å². The number of aliphatic imine (C=N–C) groups is 2. The Morgan fingerprint density at radius 1 is 0.833 bits per heavy atom. The van der Waals surface area contributed by atoms with Crippen molar-refractivity contribution in [1.82, 2.24) is 0 Å². The fraction of sp³-hybridized carbons (Fsp3) is 0.429. The van der Waals surface area contributed by atoms with Gasteiger partial charge in [-0.3, -0.25) is 0 Å². The predicted molar refractivity (Wildman–Crippen MR) is 68.7 cm³/mol. The molecule has 18 heavy (non-hydrogen) atoms. The van der Waals surface area contributed by atoms with Crippen molar-refractivity contribution in [3.8, 4) is 0 Å². The minimum atomic E-state index is -0.700. The zero-order valence-corrected chi connectivity index (χ0v) is 11.0. The van der Waals surface area contributed by atoms with Crippen molar-refractivity contribution in [3.05, 3.63) is 35.4 Å². The Kier molecular flexibility index (Phi) is 3.97. The molecule has 94 valence electrons. The molecule has 4 nitrogen and oxygen atoms in total. The average molecular weight is 244 g/mol. The fourth-order valence-electron chi connectivity index (χ4n) is 1.90. The van der Waals surface area contributed by atoms with Crippen LogP contribution in [0.15, 0.2) is 34.3 Å². The topological polar surface area (TPSA) is 58.9 Å². The van der Waals surface area contributed by atoms with E-state index >= 15 is 0 Å². The zero-order valence-electron chi connectivity index (χ0n) is 11.0. The van der Waals surface area contributed by atoms with E-state index < -0.39 is 11.1 Å². The molecule has 0 N–H and O–H groups in total. The summed E-state index contributed by atoms with van der Waals surface area (Å²) in [6.45, 7) is 7.27. The zero-order chi connectivity index (χ0) is 13.8. The maximum atomic E-state index is 10.5. The van der Waals surface area contributed by atoms with E-state index in [1.807, 2.05) is 52.0 Å². The van der Waals surface area contributed by atoms with Gasteiger partial charge in [-0.1, -0.05) is 24.3 Å². The van der Waals surface area contributed by atoms with Gasteiger partial charge in [-0.25, -0.2) is 9.59 Å². The fourth-order valence-corrected chi connectivity index (χ4v) is 1.90. The number of hydrogen-bond donors (Lipinski definition) is 0. The quantitative estimate of drug-likeness (QED) is 0.604. The first-order valence-corrected chi connectivity index (χ1v) is 5.63. The second kappa shape index (κ2) is 5.09. The standard InChI is InChI=1S/C14H16N2O2/c1-13(2,15-9-17)11-7-5-6-8-12(11)14(3,4)16-10-18/h5-8H,1-4H3. The molecule has 0 unspecified atom stereocenters. The van der Waals surface area contributed by atoms with E-state index in [0.717, 1.165) is 11.1 Å². The molecule has 1 rings (SSSR count). The third-order valence-corrected chi connectivity index (χ3v) is 2.90. The van der Waals surface area contributed by atoms with E-state index in [9.17, 15) is 9.59 Å². The molecule has 0 aliphatic rings. The number of hydrogen-bond acceptors (Lipinski definition) is 4. The molecule has 0 bridgehead atoms. The molecule has 0 spiro atoms. The molecular weight excluding hydrogens is 228 g/mol. The Morgan fingerprint density at radius 3 is 1.44 bits per heavy atom. The van der Waals surface area contributed by atoms with Gasteiger partial charge in [0.15, 0.2) is 0 Å². The molecule has 4 heteroatoms. The van der Waals surface area contributed by atoms with Gasteiger partial charge in [-0.2, -0.15) is 9.98 Å². The van der Waals surface area contributed by atoms with E-state index in [2.05, 4.69) is 9.98 Å². The molecule has 1 aromatic rings. The molecule has 0 fully saturated rings. The lowest BCUT2D eigenvalue weighted by molar-refractivity contribution is 0.485. The molecule has 0 radical (unpaired) electrons. The summed E-state index contributed by atoms with van der Waals surface area (Å²) in [5, 5.41) is 0. The molecule has 0 amide bonds. The third kappa shape index (κ3) is 2.80. The Labute approximate surface area is 106 Å². The maximum absolute atomic E-state index is 10.5. The van der Waals surface area contributed by atoms with Crippen molar-refractivity contribution >= 4 is 12.2 Å². The molecule has 0 atom stereocenters. The summed E-state index contributed by atoms with van der Waals surface area (Å²) in [6.07, 6.45) is 3.17. The highest BCUT2D eigenvalue weighted by atomic mass is 16.1. The largest absolute Gasteiger partial charge is 0.235 e. The Hall–Kier alpha value is -2.02. The van der Waals surface area contributed by atoms with Crippen LogP contribution in [0.3, 0.4) is 0 Å². The number of carbonyl (C=O) groups excluding carboxylic acids is 2. The molecule has 0 saturated carbocycles. The number of nitrogens with zero attached hydrogens (tertiary/aromatic N) is 2. The monoisotopic (exact) mass is 244 g/mol. The molecule has 0 aromatic heterocycles. The van der Waals surface area contributed by atoms with Crippen molar-refractivity contribution < 1.29 is 9.59 Å². The van der Waals surface area contributed by atoms with Crippen LogP contribution < -0.4 is 0 Å². The van der Waals surface area contributed by atoms with E-state index in [1.54, 1.807) is 12.2 Å². The van der Waals surface area contributed by atoms with Crippen LogP contribution in [0, 0.1) is 0 Å². The molecule has 0 heterocycles. The summed E-state index contributed by atoms with van der Waals surface area (Å²) in [6, 6.07) is 7.47. The number of rotatable bonds is 4. The summed E-state index contributed by atoms with van der Waals surface area (Å²) in [4.78, 5) is 28.6. The summed E-state index contributed by atoms with van der Waals surface area (Å²) in [5.74, 6) is 0. The Bertz CT molecular complexity index is 485. The lowest BCUT2D eigenvalue weighted by atomic mass is 9.82. The number of benzene rings is 1. The first-order chi connectivity index (χ1) is 8.35. The molecular formula is C14H16N2O2. The smallest absolute Gasteiger partial charge is 0.211 e.